The standard InChI is InChI=1S/C24H42BN7O5/c1-15(2)21(31-18(33)9-5-4-6-13-32-19(34)10-11-20(32)35)23(37)30-17(8-7-12-28-24(26)27)22(36)29-16(3)14-25/h10-11,15-17,21H,4-9,12-14,25H2,1-3H3,(H,29,36)(H,30,37)(H,31,33)(H4,26,27,28)/t16-,17+,21?/m1/s1. The molecule has 3 atom stereocenters. The maximum Gasteiger partial charge on any atom is 0.253 e. The summed E-state index contributed by atoms with van der Waals surface area (Å²) in [5, 5.41) is 18.4. The number of nitrogens with zero attached hydrogens (tertiary/aromatic N) is 1. The lowest BCUT2D eigenvalue weighted by Gasteiger charge is -2.26. The number of hydrogen-bond acceptors (Lipinski definition) is 6. The van der Waals surface area contributed by atoms with Crippen LogP contribution in [0.15, 0.2) is 12.2 Å². The Balaban J connectivity index is 2.59. The molecule has 0 aromatic heterocycles. The number of rotatable bonds is 17. The average Bonchev–Trinajstić information content (AvgIpc) is 3.15. The van der Waals surface area contributed by atoms with E-state index >= 15 is 0 Å². The first-order valence-corrected chi connectivity index (χ1v) is 13.0. The van der Waals surface area contributed by atoms with Crippen molar-refractivity contribution in [2.45, 2.75) is 83.7 Å². The normalized spacial score (nSPS) is 15.3. The number of nitrogens with one attached hydrogen (secondary N) is 5. The zero-order valence-electron chi connectivity index (χ0n) is 22.4. The Bertz CT molecular complexity index is 846. The molecule has 13 heteroatoms. The quantitative estimate of drug-likeness (QED) is 0.0463. The lowest BCUT2D eigenvalue weighted by Crippen LogP contribution is -2.56. The minimum absolute atomic E-state index is 0.0548. The highest BCUT2D eigenvalue weighted by Crippen LogP contribution is 2.09. The van der Waals surface area contributed by atoms with Crippen LogP contribution in [-0.4, -0.2) is 79.5 Å². The van der Waals surface area contributed by atoms with Crippen molar-refractivity contribution in [2.24, 2.45) is 11.7 Å². The first-order chi connectivity index (χ1) is 17.5. The third kappa shape index (κ3) is 11.9. The highest BCUT2D eigenvalue weighted by molar-refractivity contribution is 6.12. The van der Waals surface area contributed by atoms with Gasteiger partial charge in [-0.1, -0.05) is 26.6 Å². The van der Waals surface area contributed by atoms with Crippen LogP contribution < -0.4 is 27.0 Å². The summed E-state index contributed by atoms with van der Waals surface area (Å²) in [4.78, 5) is 62.7. The van der Waals surface area contributed by atoms with Gasteiger partial charge in [0.15, 0.2) is 5.96 Å². The van der Waals surface area contributed by atoms with E-state index in [1.165, 1.54) is 17.1 Å². The Morgan fingerprint density at radius 3 is 2.19 bits per heavy atom. The van der Waals surface area contributed by atoms with E-state index in [1.54, 1.807) is 0 Å². The van der Waals surface area contributed by atoms with Crippen LogP contribution in [-0.2, 0) is 24.0 Å². The molecule has 12 nitrogen and oxygen atoms in total. The second kappa shape index (κ2) is 16.4. The van der Waals surface area contributed by atoms with Gasteiger partial charge in [0.1, 0.15) is 19.9 Å². The Labute approximate surface area is 219 Å². The summed E-state index contributed by atoms with van der Waals surface area (Å²) >= 11 is 0. The van der Waals surface area contributed by atoms with Gasteiger partial charge in [0.05, 0.1) is 0 Å². The summed E-state index contributed by atoms with van der Waals surface area (Å²) < 4.78 is 0. The van der Waals surface area contributed by atoms with Crippen molar-refractivity contribution in [3.05, 3.63) is 12.2 Å². The number of carbonyl (C=O) groups excluding carboxylic acids is 5. The van der Waals surface area contributed by atoms with Crippen LogP contribution >= 0.6 is 0 Å². The van der Waals surface area contributed by atoms with E-state index in [1.807, 2.05) is 28.6 Å². The highest BCUT2D eigenvalue weighted by atomic mass is 16.2. The van der Waals surface area contributed by atoms with E-state index in [4.69, 9.17) is 11.1 Å². The Kier molecular flexibility index (Phi) is 14.0. The van der Waals surface area contributed by atoms with Gasteiger partial charge in [0.25, 0.3) is 11.8 Å². The van der Waals surface area contributed by atoms with Crippen LogP contribution in [0.25, 0.3) is 0 Å². The van der Waals surface area contributed by atoms with Gasteiger partial charge in [-0.05, 0) is 38.5 Å². The van der Waals surface area contributed by atoms with Crippen LogP contribution in [0.4, 0.5) is 0 Å². The van der Waals surface area contributed by atoms with Crippen molar-refractivity contribution in [3.63, 3.8) is 0 Å². The zero-order valence-corrected chi connectivity index (χ0v) is 22.4. The fourth-order valence-corrected chi connectivity index (χ4v) is 3.67. The molecule has 1 aliphatic heterocycles. The van der Waals surface area contributed by atoms with Gasteiger partial charge in [0, 0.05) is 37.7 Å². The topological polar surface area (TPSA) is 187 Å². The second-order valence-corrected chi connectivity index (χ2v) is 9.62. The molecule has 0 saturated heterocycles. The summed E-state index contributed by atoms with van der Waals surface area (Å²) in [7, 11) is 1.95. The number of carbonyl (C=O) groups is 5. The van der Waals surface area contributed by atoms with E-state index < -0.39 is 18.0 Å². The summed E-state index contributed by atoms with van der Waals surface area (Å²) in [6.45, 7) is 6.20. The Morgan fingerprint density at radius 1 is 0.973 bits per heavy atom. The molecule has 0 aromatic carbocycles. The molecule has 206 valence electrons. The molecule has 0 bridgehead atoms. The van der Waals surface area contributed by atoms with E-state index in [-0.39, 0.29) is 48.0 Å². The summed E-state index contributed by atoms with van der Waals surface area (Å²) in [6, 6.07) is -1.66. The molecule has 0 fully saturated rings. The van der Waals surface area contributed by atoms with E-state index in [0.717, 1.165) is 6.32 Å². The van der Waals surface area contributed by atoms with Gasteiger partial charge >= 0.3 is 0 Å². The number of hydrogen-bond donors (Lipinski definition) is 6. The summed E-state index contributed by atoms with van der Waals surface area (Å²) in [5.74, 6) is -2.03. The molecule has 7 N–H and O–H groups in total. The predicted octanol–water partition coefficient (Wildman–Crippen LogP) is -1.08. The number of unbranched alkanes of at least 4 members (excludes halogenated alkanes) is 2. The molecule has 0 aliphatic carbocycles. The molecule has 0 spiro atoms. The fraction of sp³-hybridized carbons (Fsp3) is 0.667. The first kappa shape index (κ1) is 31.7. The third-order valence-electron chi connectivity index (χ3n) is 6.07. The fourth-order valence-electron chi connectivity index (χ4n) is 3.67. The molecule has 1 heterocycles. The van der Waals surface area contributed by atoms with Crippen LogP contribution in [0.3, 0.4) is 0 Å². The van der Waals surface area contributed by atoms with Crippen LogP contribution in [0.1, 0.15) is 59.3 Å². The smallest absolute Gasteiger partial charge is 0.253 e. The molecular formula is C24H42BN7O5. The van der Waals surface area contributed by atoms with Crippen molar-refractivity contribution in [1.82, 2.24) is 26.2 Å². The predicted molar refractivity (Wildman–Crippen MR) is 143 cm³/mol. The molecule has 37 heavy (non-hydrogen) atoms. The van der Waals surface area contributed by atoms with Crippen molar-refractivity contribution in [3.8, 4) is 0 Å². The minimum atomic E-state index is -0.812. The minimum Gasteiger partial charge on any atom is -0.370 e. The monoisotopic (exact) mass is 519 g/mol. The van der Waals surface area contributed by atoms with E-state index in [9.17, 15) is 24.0 Å². The van der Waals surface area contributed by atoms with Gasteiger partial charge in [-0.2, -0.15) is 0 Å². The Hall–Kier alpha value is -3.38. The Morgan fingerprint density at radius 2 is 1.62 bits per heavy atom. The lowest BCUT2D eigenvalue weighted by atomic mass is 9.98. The molecule has 1 unspecified atom stereocenters. The summed E-state index contributed by atoms with van der Waals surface area (Å²) in [5.41, 5.74) is 5.30. The van der Waals surface area contributed by atoms with Gasteiger partial charge in [-0.3, -0.25) is 34.3 Å². The molecule has 1 rings (SSSR count). The van der Waals surface area contributed by atoms with Crippen molar-refractivity contribution < 1.29 is 24.0 Å². The zero-order chi connectivity index (χ0) is 28.0. The molecular weight excluding hydrogens is 477 g/mol. The number of imide groups is 1. The van der Waals surface area contributed by atoms with E-state index in [2.05, 4.69) is 21.3 Å². The van der Waals surface area contributed by atoms with Gasteiger partial charge in [-0.15, -0.1) is 0 Å². The third-order valence-corrected chi connectivity index (χ3v) is 6.07. The van der Waals surface area contributed by atoms with Crippen LogP contribution in [0, 0.1) is 11.3 Å². The lowest BCUT2D eigenvalue weighted by molar-refractivity contribution is -0.137. The summed E-state index contributed by atoms with van der Waals surface area (Å²) in [6.07, 6.45) is 6.05. The van der Waals surface area contributed by atoms with Gasteiger partial charge in [-0.25, -0.2) is 0 Å². The number of nitrogens with two attached hydrogens (primary N) is 1. The molecule has 5 amide bonds. The second-order valence-electron chi connectivity index (χ2n) is 9.62. The van der Waals surface area contributed by atoms with Gasteiger partial charge < -0.3 is 27.0 Å². The van der Waals surface area contributed by atoms with E-state index in [0.29, 0.717) is 45.2 Å². The maximum atomic E-state index is 13.1. The van der Waals surface area contributed by atoms with Crippen molar-refractivity contribution in [1.29, 1.82) is 5.41 Å². The molecule has 0 saturated carbocycles. The highest BCUT2D eigenvalue weighted by Gasteiger charge is 2.29. The maximum absolute atomic E-state index is 13.1. The van der Waals surface area contributed by atoms with Gasteiger partial charge in [0.2, 0.25) is 17.7 Å². The molecule has 1 aliphatic rings. The number of guanidine groups is 1. The van der Waals surface area contributed by atoms with Crippen molar-refractivity contribution in [2.75, 3.05) is 13.1 Å². The van der Waals surface area contributed by atoms with Crippen molar-refractivity contribution >= 4 is 43.3 Å². The first-order valence-electron chi connectivity index (χ1n) is 13.0. The molecule has 0 aromatic rings. The van der Waals surface area contributed by atoms with Crippen LogP contribution in [0.5, 0.6) is 0 Å². The largest absolute Gasteiger partial charge is 0.370 e. The van der Waals surface area contributed by atoms with Crippen LogP contribution in [0.2, 0.25) is 6.32 Å². The number of amides is 5. The molecule has 0 radical (unpaired) electrons. The average molecular weight is 519 g/mol. The SMILES string of the molecule is BC[C@@H](C)NC(=O)[C@H](CCCNC(=N)N)NC(=O)C(NC(=O)CCCCCN1C(=O)C=CC1=O)C(C)C.